The van der Waals surface area contributed by atoms with E-state index in [4.69, 9.17) is 4.74 Å². The third kappa shape index (κ3) is 4.43. The first kappa shape index (κ1) is 15.3. The zero-order valence-electron chi connectivity index (χ0n) is 10.8. The van der Waals surface area contributed by atoms with Gasteiger partial charge in [0.2, 0.25) is 0 Å². The normalized spacial score (nSPS) is 11.8. The molecule has 19 heavy (non-hydrogen) atoms. The minimum atomic E-state index is -4.37. The number of rotatable bonds is 4. The Bertz CT molecular complexity index is 476. The topological polar surface area (TPSA) is 26.3 Å². The zero-order chi connectivity index (χ0) is 14.5. The molecule has 0 bridgehead atoms. The minimum absolute atomic E-state index is 0.0452. The standard InChI is InChI=1S/C14H15F3O2/c1-3-19-13(18)9-5-7-11-6-4-8-12(10(11)2)14(15,16)17/h4-8H,3,9H2,1-2H3. The summed E-state index contributed by atoms with van der Waals surface area (Å²) in [6.07, 6.45) is -1.32. The van der Waals surface area contributed by atoms with E-state index >= 15 is 0 Å². The second-order valence-electron chi connectivity index (χ2n) is 3.93. The first-order valence-corrected chi connectivity index (χ1v) is 5.85. The molecule has 0 aliphatic heterocycles. The third-order valence-electron chi connectivity index (χ3n) is 2.57. The Labute approximate surface area is 109 Å². The highest BCUT2D eigenvalue weighted by atomic mass is 19.4. The molecule has 0 N–H and O–H groups in total. The van der Waals surface area contributed by atoms with Gasteiger partial charge in [0.15, 0.2) is 0 Å². The molecule has 0 amide bonds. The maximum absolute atomic E-state index is 12.7. The largest absolute Gasteiger partial charge is 0.466 e. The van der Waals surface area contributed by atoms with Crippen LogP contribution in [0.25, 0.3) is 6.08 Å². The highest BCUT2D eigenvalue weighted by Gasteiger charge is 2.32. The Kier molecular flexibility index (Phi) is 5.15. The first-order valence-electron chi connectivity index (χ1n) is 5.85. The van der Waals surface area contributed by atoms with Crippen LogP contribution in [0.15, 0.2) is 24.3 Å². The molecule has 0 unspecified atom stereocenters. The van der Waals surface area contributed by atoms with Gasteiger partial charge in [0.05, 0.1) is 18.6 Å². The van der Waals surface area contributed by atoms with Crippen molar-refractivity contribution < 1.29 is 22.7 Å². The smallest absolute Gasteiger partial charge is 0.416 e. The van der Waals surface area contributed by atoms with Crippen molar-refractivity contribution in [2.45, 2.75) is 26.4 Å². The van der Waals surface area contributed by atoms with E-state index in [-0.39, 0.29) is 18.6 Å². The van der Waals surface area contributed by atoms with E-state index in [0.29, 0.717) is 5.56 Å². The fourth-order valence-electron chi connectivity index (χ4n) is 1.64. The van der Waals surface area contributed by atoms with Gasteiger partial charge in [-0.05, 0) is 31.0 Å². The molecule has 0 atom stereocenters. The van der Waals surface area contributed by atoms with E-state index in [9.17, 15) is 18.0 Å². The Morgan fingerprint density at radius 2 is 2.05 bits per heavy atom. The molecular formula is C14H15F3O2. The van der Waals surface area contributed by atoms with Crippen molar-refractivity contribution >= 4 is 12.0 Å². The lowest BCUT2D eigenvalue weighted by molar-refractivity contribution is -0.142. The highest BCUT2D eigenvalue weighted by Crippen LogP contribution is 2.33. The number of esters is 1. The molecule has 5 heteroatoms. The van der Waals surface area contributed by atoms with Gasteiger partial charge in [-0.1, -0.05) is 24.3 Å². The van der Waals surface area contributed by atoms with Crippen LogP contribution in [0.1, 0.15) is 30.0 Å². The van der Waals surface area contributed by atoms with Gasteiger partial charge in [-0.25, -0.2) is 0 Å². The maximum atomic E-state index is 12.7. The molecule has 0 radical (unpaired) electrons. The molecule has 1 rings (SSSR count). The summed E-state index contributed by atoms with van der Waals surface area (Å²) in [5.41, 5.74) is -0.0694. The van der Waals surface area contributed by atoms with Gasteiger partial charge in [-0.2, -0.15) is 13.2 Å². The van der Waals surface area contributed by atoms with Gasteiger partial charge in [0.1, 0.15) is 0 Å². The molecule has 104 valence electrons. The van der Waals surface area contributed by atoms with Gasteiger partial charge in [0.25, 0.3) is 0 Å². The molecule has 0 aliphatic carbocycles. The van der Waals surface area contributed by atoms with E-state index in [1.165, 1.54) is 25.1 Å². The van der Waals surface area contributed by atoms with E-state index < -0.39 is 17.7 Å². The van der Waals surface area contributed by atoms with Crippen molar-refractivity contribution in [3.63, 3.8) is 0 Å². The Morgan fingerprint density at radius 1 is 1.37 bits per heavy atom. The average molecular weight is 272 g/mol. The summed E-state index contributed by atoms with van der Waals surface area (Å²) in [6, 6.07) is 3.96. The van der Waals surface area contributed by atoms with Crippen LogP contribution in [0.5, 0.6) is 0 Å². The van der Waals surface area contributed by atoms with Crippen LogP contribution in [-0.4, -0.2) is 12.6 Å². The second kappa shape index (κ2) is 6.41. The van der Waals surface area contributed by atoms with Crippen LogP contribution in [-0.2, 0) is 15.7 Å². The molecule has 2 nitrogen and oxygen atoms in total. The number of halogens is 3. The summed E-state index contributed by atoms with van der Waals surface area (Å²) in [7, 11) is 0. The highest BCUT2D eigenvalue weighted by molar-refractivity contribution is 5.73. The number of hydrogen-bond acceptors (Lipinski definition) is 2. The van der Waals surface area contributed by atoms with E-state index in [1.807, 2.05) is 0 Å². The molecule has 0 heterocycles. The quantitative estimate of drug-likeness (QED) is 0.775. The molecular weight excluding hydrogens is 257 g/mol. The van der Waals surface area contributed by atoms with Crippen molar-refractivity contribution in [1.29, 1.82) is 0 Å². The third-order valence-corrected chi connectivity index (χ3v) is 2.57. The van der Waals surface area contributed by atoms with Gasteiger partial charge in [-0.15, -0.1) is 0 Å². The van der Waals surface area contributed by atoms with Crippen LogP contribution in [0.3, 0.4) is 0 Å². The molecule has 1 aromatic rings. The van der Waals surface area contributed by atoms with Crippen LogP contribution in [0.2, 0.25) is 0 Å². The van der Waals surface area contributed by atoms with Gasteiger partial charge < -0.3 is 4.74 Å². The lowest BCUT2D eigenvalue weighted by atomic mass is 10.0. The number of carbonyl (C=O) groups excluding carboxylic acids is 1. The molecule has 0 spiro atoms. The summed E-state index contributed by atoms with van der Waals surface area (Å²) < 4.78 is 42.8. The number of ether oxygens (including phenoxy) is 1. The maximum Gasteiger partial charge on any atom is 0.416 e. The van der Waals surface area contributed by atoms with Crippen LogP contribution < -0.4 is 0 Å². The van der Waals surface area contributed by atoms with E-state index in [1.54, 1.807) is 13.0 Å². The molecule has 0 saturated heterocycles. The zero-order valence-corrected chi connectivity index (χ0v) is 10.8. The molecule has 0 fully saturated rings. The molecule has 0 saturated carbocycles. The summed E-state index contributed by atoms with van der Waals surface area (Å²) in [6.45, 7) is 3.39. The molecule has 1 aromatic carbocycles. The summed E-state index contributed by atoms with van der Waals surface area (Å²) in [4.78, 5) is 11.1. The van der Waals surface area contributed by atoms with E-state index in [0.717, 1.165) is 6.07 Å². The van der Waals surface area contributed by atoms with Crippen LogP contribution >= 0.6 is 0 Å². The lowest BCUT2D eigenvalue weighted by Crippen LogP contribution is -2.08. The monoisotopic (exact) mass is 272 g/mol. The Balaban J connectivity index is 2.85. The molecule has 0 aromatic heterocycles. The fraction of sp³-hybridized carbons (Fsp3) is 0.357. The van der Waals surface area contributed by atoms with Crippen LogP contribution in [0, 0.1) is 6.92 Å². The molecule has 0 aliphatic rings. The van der Waals surface area contributed by atoms with Crippen molar-refractivity contribution in [3.8, 4) is 0 Å². The summed E-state index contributed by atoms with van der Waals surface area (Å²) in [5, 5.41) is 0. The van der Waals surface area contributed by atoms with Crippen molar-refractivity contribution in [2.75, 3.05) is 6.61 Å². The van der Waals surface area contributed by atoms with Crippen molar-refractivity contribution in [2.24, 2.45) is 0 Å². The average Bonchev–Trinajstić information content (AvgIpc) is 2.30. The lowest BCUT2D eigenvalue weighted by Gasteiger charge is -2.11. The number of carbonyl (C=O) groups is 1. The minimum Gasteiger partial charge on any atom is -0.466 e. The predicted octanol–water partition coefficient (Wildman–Crippen LogP) is 3.98. The van der Waals surface area contributed by atoms with Gasteiger partial charge >= 0.3 is 12.1 Å². The predicted molar refractivity (Wildman–Crippen MR) is 66.5 cm³/mol. The summed E-state index contributed by atoms with van der Waals surface area (Å²) in [5.74, 6) is -0.400. The Hall–Kier alpha value is -1.78. The van der Waals surface area contributed by atoms with Gasteiger partial charge in [-0.3, -0.25) is 4.79 Å². The number of alkyl halides is 3. The van der Waals surface area contributed by atoms with Crippen molar-refractivity contribution in [3.05, 3.63) is 41.0 Å². The second-order valence-corrected chi connectivity index (χ2v) is 3.93. The van der Waals surface area contributed by atoms with Crippen LogP contribution in [0.4, 0.5) is 13.2 Å². The summed E-state index contributed by atoms with van der Waals surface area (Å²) >= 11 is 0. The SMILES string of the molecule is CCOC(=O)CC=Cc1cccc(C(F)(F)F)c1C. The number of hydrogen-bond donors (Lipinski definition) is 0. The fourth-order valence-corrected chi connectivity index (χ4v) is 1.64. The first-order chi connectivity index (χ1) is 8.86. The Morgan fingerprint density at radius 3 is 2.63 bits per heavy atom. The van der Waals surface area contributed by atoms with Gasteiger partial charge in [0, 0.05) is 0 Å². The number of benzene rings is 1. The van der Waals surface area contributed by atoms with E-state index in [2.05, 4.69) is 0 Å². The van der Waals surface area contributed by atoms with Crippen molar-refractivity contribution in [1.82, 2.24) is 0 Å².